The van der Waals surface area contributed by atoms with E-state index in [1.807, 2.05) is 0 Å². The van der Waals surface area contributed by atoms with Crippen LogP contribution in [0.3, 0.4) is 0 Å². The average Bonchev–Trinajstić information content (AvgIpc) is 2.52. The van der Waals surface area contributed by atoms with Crippen LogP contribution in [-0.4, -0.2) is 23.1 Å². The van der Waals surface area contributed by atoms with Gasteiger partial charge in [0.05, 0.1) is 0 Å². The summed E-state index contributed by atoms with van der Waals surface area (Å²) in [5.41, 5.74) is 0. The molecule has 1 aromatic heterocycles. The van der Waals surface area contributed by atoms with Crippen molar-refractivity contribution in [1.29, 1.82) is 0 Å². The molecule has 1 saturated carbocycles. The Morgan fingerprint density at radius 1 is 1.00 bits per heavy atom. The van der Waals surface area contributed by atoms with Gasteiger partial charge in [0, 0.05) is 25.6 Å². The van der Waals surface area contributed by atoms with Crippen LogP contribution >= 0.6 is 0 Å². The van der Waals surface area contributed by atoms with Gasteiger partial charge in [-0.05, 0) is 31.6 Å². The average molecular weight is 290 g/mol. The highest BCUT2D eigenvalue weighted by molar-refractivity contribution is 5.47. The highest BCUT2D eigenvalue weighted by Gasteiger charge is 2.13. The molecule has 21 heavy (non-hydrogen) atoms. The van der Waals surface area contributed by atoms with Crippen LogP contribution < -0.4 is 10.6 Å². The Labute approximate surface area is 129 Å². The van der Waals surface area contributed by atoms with Gasteiger partial charge >= 0.3 is 0 Å². The second-order valence-electron chi connectivity index (χ2n) is 6.12. The second-order valence-corrected chi connectivity index (χ2v) is 6.12. The summed E-state index contributed by atoms with van der Waals surface area (Å²) >= 11 is 0. The smallest absolute Gasteiger partial charge is 0.133 e. The third-order valence-electron chi connectivity index (χ3n) is 4.10. The molecule has 4 heteroatoms. The number of aromatic nitrogens is 2. The summed E-state index contributed by atoms with van der Waals surface area (Å²) in [4.78, 5) is 9.25. The van der Waals surface area contributed by atoms with Gasteiger partial charge in [-0.3, -0.25) is 0 Å². The van der Waals surface area contributed by atoms with Crippen molar-refractivity contribution in [3.63, 3.8) is 0 Å². The number of nitrogens with one attached hydrogen (secondary N) is 2. The molecular formula is C17H30N4. The molecule has 118 valence electrons. The zero-order chi connectivity index (χ0) is 14.9. The maximum Gasteiger partial charge on any atom is 0.133 e. The van der Waals surface area contributed by atoms with Crippen LogP contribution in [0.5, 0.6) is 0 Å². The first-order valence-corrected chi connectivity index (χ1v) is 8.67. The molecule has 0 saturated heterocycles. The van der Waals surface area contributed by atoms with Gasteiger partial charge in [0.2, 0.25) is 0 Å². The minimum atomic E-state index is 0.815. The SMILES string of the molecule is CCCNc1cc(NCC2CCCCC2)nc(CCC)n1. The Morgan fingerprint density at radius 2 is 1.71 bits per heavy atom. The van der Waals surface area contributed by atoms with E-state index in [9.17, 15) is 0 Å². The van der Waals surface area contributed by atoms with E-state index in [1.165, 1.54) is 32.1 Å². The Morgan fingerprint density at radius 3 is 2.38 bits per heavy atom. The molecule has 1 aromatic rings. The molecule has 2 N–H and O–H groups in total. The largest absolute Gasteiger partial charge is 0.370 e. The van der Waals surface area contributed by atoms with Crippen LogP contribution in [0.1, 0.15) is 64.6 Å². The summed E-state index contributed by atoms with van der Waals surface area (Å²) in [5.74, 6) is 3.71. The Bertz CT molecular complexity index is 413. The topological polar surface area (TPSA) is 49.8 Å². The molecule has 0 aromatic carbocycles. The molecule has 1 aliphatic carbocycles. The predicted octanol–water partition coefficient (Wildman–Crippen LogP) is 4.24. The lowest BCUT2D eigenvalue weighted by molar-refractivity contribution is 0.373. The summed E-state index contributed by atoms with van der Waals surface area (Å²) in [6.07, 6.45) is 10.1. The summed E-state index contributed by atoms with van der Waals surface area (Å²) in [6, 6.07) is 2.05. The maximum atomic E-state index is 4.65. The number of aryl methyl sites for hydroxylation is 1. The van der Waals surface area contributed by atoms with Crippen molar-refractivity contribution in [2.24, 2.45) is 5.92 Å². The lowest BCUT2D eigenvalue weighted by atomic mass is 9.89. The second kappa shape index (κ2) is 8.85. The van der Waals surface area contributed by atoms with E-state index in [0.717, 1.165) is 55.7 Å². The standard InChI is InChI=1S/C17H30N4/c1-3-8-15-20-16(18-11-4-2)12-17(21-15)19-13-14-9-6-5-7-10-14/h12,14H,3-11,13H2,1-2H3,(H2,18,19,20,21). The van der Waals surface area contributed by atoms with Gasteiger partial charge < -0.3 is 10.6 Å². The number of hydrogen-bond donors (Lipinski definition) is 2. The number of nitrogens with zero attached hydrogens (tertiary/aromatic N) is 2. The number of anilines is 2. The molecule has 0 bridgehead atoms. The van der Waals surface area contributed by atoms with Crippen molar-refractivity contribution >= 4 is 11.6 Å². The predicted molar refractivity (Wildman–Crippen MR) is 89.9 cm³/mol. The minimum Gasteiger partial charge on any atom is -0.370 e. The Kier molecular flexibility index (Phi) is 6.77. The normalized spacial score (nSPS) is 15.9. The fraction of sp³-hybridized carbons (Fsp3) is 0.765. The van der Waals surface area contributed by atoms with Gasteiger partial charge in [-0.25, -0.2) is 9.97 Å². The monoisotopic (exact) mass is 290 g/mol. The van der Waals surface area contributed by atoms with Crippen LogP contribution in [0.25, 0.3) is 0 Å². The van der Waals surface area contributed by atoms with Crippen LogP contribution in [0.15, 0.2) is 6.07 Å². The van der Waals surface area contributed by atoms with E-state index < -0.39 is 0 Å². The number of hydrogen-bond acceptors (Lipinski definition) is 4. The van der Waals surface area contributed by atoms with Crippen molar-refractivity contribution in [3.05, 3.63) is 11.9 Å². The number of rotatable bonds is 8. The zero-order valence-electron chi connectivity index (χ0n) is 13.6. The molecule has 0 amide bonds. The van der Waals surface area contributed by atoms with Crippen molar-refractivity contribution in [2.75, 3.05) is 23.7 Å². The highest BCUT2D eigenvalue weighted by Crippen LogP contribution is 2.24. The van der Waals surface area contributed by atoms with E-state index in [1.54, 1.807) is 0 Å². The van der Waals surface area contributed by atoms with Crippen molar-refractivity contribution in [3.8, 4) is 0 Å². The van der Waals surface area contributed by atoms with Crippen molar-refractivity contribution in [1.82, 2.24) is 9.97 Å². The molecular weight excluding hydrogens is 260 g/mol. The molecule has 0 aliphatic heterocycles. The molecule has 1 heterocycles. The first-order chi connectivity index (χ1) is 10.3. The molecule has 4 nitrogen and oxygen atoms in total. The molecule has 0 atom stereocenters. The third kappa shape index (κ3) is 5.52. The van der Waals surface area contributed by atoms with Crippen LogP contribution in [0, 0.1) is 5.92 Å². The van der Waals surface area contributed by atoms with Crippen molar-refractivity contribution < 1.29 is 0 Å². The molecule has 1 aliphatic rings. The summed E-state index contributed by atoms with van der Waals surface area (Å²) in [7, 11) is 0. The van der Waals surface area contributed by atoms with E-state index in [-0.39, 0.29) is 0 Å². The summed E-state index contributed by atoms with van der Waals surface area (Å²) in [5, 5.41) is 6.92. The Balaban J connectivity index is 1.96. The summed E-state index contributed by atoms with van der Waals surface area (Å²) in [6.45, 7) is 6.36. The molecule has 1 fully saturated rings. The van der Waals surface area contributed by atoms with Crippen LogP contribution in [-0.2, 0) is 6.42 Å². The van der Waals surface area contributed by atoms with Gasteiger partial charge in [-0.1, -0.05) is 33.1 Å². The van der Waals surface area contributed by atoms with Crippen LogP contribution in [0.4, 0.5) is 11.6 Å². The van der Waals surface area contributed by atoms with Crippen molar-refractivity contribution in [2.45, 2.75) is 65.2 Å². The zero-order valence-corrected chi connectivity index (χ0v) is 13.6. The highest BCUT2D eigenvalue weighted by atomic mass is 15.1. The first kappa shape index (κ1) is 16.1. The quantitative estimate of drug-likeness (QED) is 0.751. The van der Waals surface area contributed by atoms with Gasteiger partial charge in [-0.15, -0.1) is 0 Å². The van der Waals surface area contributed by atoms with Gasteiger partial charge in [-0.2, -0.15) is 0 Å². The summed E-state index contributed by atoms with van der Waals surface area (Å²) < 4.78 is 0. The van der Waals surface area contributed by atoms with E-state index in [2.05, 4.69) is 40.5 Å². The third-order valence-corrected chi connectivity index (χ3v) is 4.10. The fourth-order valence-corrected chi connectivity index (χ4v) is 2.91. The molecule has 2 rings (SSSR count). The fourth-order valence-electron chi connectivity index (χ4n) is 2.91. The lowest BCUT2D eigenvalue weighted by Crippen LogP contribution is -2.18. The Hall–Kier alpha value is -1.32. The maximum absolute atomic E-state index is 4.65. The van der Waals surface area contributed by atoms with Crippen LogP contribution in [0.2, 0.25) is 0 Å². The minimum absolute atomic E-state index is 0.815. The molecule has 0 radical (unpaired) electrons. The molecule has 0 unspecified atom stereocenters. The van der Waals surface area contributed by atoms with Gasteiger partial charge in [0.15, 0.2) is 0 Å². The van der Waals surface area contributed by atoms with Gasteiger partial charge in [0.1, 0.15) is 17.5 Å². The van der Waals surface area contributed by atoms with Gasteiger partial charge in [0.25, 0.3) is 0 Å². The van der Waals surface area contributed by atoms with E-state index >= 15 is 0 Å². The molecule has 0 spiro atoms. The van der Waals surface area contributed by atoms with E-state index in [0.29, 0.717) is 0 Å². The van der Waals surface area contributed by atoms with E-state index in [4.69, 9.17) is 0 Å². The lowest BCUT2D eigenvalue weighted by Gasteiger charge is -2.22. The first-order valence-electron chi connectivity index (χ1n) is 8.67.